The van der Waals surface area contributed by atoms with Crippen LogP contribution in [0.25, 0.3) is 11.3 Å². The molecule has 5 nitrogen and oxygen atoms in total. The van der Waals surface area contributed by atoms with E-state index in [0.29, 0.717) is 18.7 Å². The summed E-state index contributed by atoms with van der Waals surface area (Å²) >= 11 is 0. The third-order valence-electron chi connectivity index (χ3n) is 3.17. The zero-order valence-electron chi connectivity index (χ0n) is 12.7. The molecule has 0 aliphatic rings. The van der Waals surface area contributed by atoms with Gasteiger partial charge in [-0.2, -0.15) is 0 Å². The monoisotopic (exact) mass is 324 g/mol. The number of esters is 1. The molecule has 0 fully saturated rings. The summed E-state index contributed by atoms with van der Waals surface area (Å²) in [5.41, 5.74) is 6.88. The summed E-state index contributed by atoms with van der Waals surface area (Å²) in [5, 5.41) is 0. The molecule has 1 aromatic carbocycles. The van der Waals surface area contributed by atoms with Crippen LogP contribution in [0.2, 0.25) is 0 Å². The van der Waals surface area contributed by atoms with Gasteiger partial charge in [-0.05, 0) is 31.3 Å². The molecule has 2 N–H and O–H groups in total. The van der Waals surface area contributed by atoms with Gasteiger partial charge >= 0.3 is 5.97 Å². The number of carbonyl (C=O) groups is 1. The first-order valence-electron chi connectivity index (χ1n) is 6.80. The Morgan fingerprint density at radius 3 is 2.77 bits per heavy atom. The van der Waals surface area contributed by atoms with Crippen molar-refractivity contribution < 1.29 is 13.9 Å². The van der Waals surface area contributed by atoms with Gasteiger partial charge in [-0.25, -0.2) is 4.79 Å². The van der Waals surface area contributed by atoms with Gasteiger partial charge in [0, 0.05) is 18.7 Å². The first-order chi connectivity index (χ1) is 10.1. The highest BCUT2D eigenvalue weighted by Gasteiger charge is 2.10. The number of furan rings is 1. The Kier molecular flexibility index (Phi) is 7.11. The van der Waals surface area contributed by atoms with E-state index in [-0.39, 0.29) is 18.4 Å². The van der Waals surface area contributed by atoms with E-state index in [1.54, 1.807) is 12.1 Å². The van der Waals surface area contributed by atoms with Gasteiger partial charge in [0.15, 0.2) is 0 Å². The minimum absolute atomic E-state index is 0. The molecule has 0 unspecified atom stereocenters. The highest BCUT2D eigenvalue weighted by molar-refractivity contribution is 5.90. The summed E-state index contributed by atoms with van der Waals surface area (Å²) in [4.78, 5) is 13.6. The summed E-state index contributed by atoms with van der Waals surface area (Å²) in [6.07, 6.45) is 0. The minimum Gasteiger partial charge on any atom is -0.465 e. The predicted octanol–water partition coefficient (Wildman–Crippen LogP) is 2.55. The quantitative estimate of drug-likeness (QED) is 0.827. The SMILES string of the molecule is COC(=O)c1cccc(-c2ccc(CN(C)CCN)o2)c1.Cl. The molecule has 0 saturated carbocycles. The van der Waals surface area contributed by atoms with Crippen molar-refractivity contribution in [2.75, 3.05) is 27.2 Å². The van der Waals surface area contributed by atoms with Gasteiger partial charge in [0.05, 0.1) is 19.2 Å². The third-order valence-corrected chi connectivity index (χ3v) is 3.17. The van der Waals surface area contributed by atoms with Gasteiger partial charge < -0.3 is 14.9 Å². The first kappa shape index (κ1) is 18.2. The van der Waals surface area contributed by atoms with Crippen molar-refractivity contribution in [3.05, 3.63) is 47.7 Å². The van der Waals surface area contributed by atoms with Crippen molar-refractivity contribution in [1.29, 1.82) is 0 Å². The number of halogens is 1. The van der Waals surface area contributed by atoms with E-state index in [2.05, 4.69) is 4.90 Å². The average Bonchev–Trinajstić information content (AvgIpc) is 2.95. The lowest BCUT2D eigenvalue weighted by Crippen LogP contribution is -2.24. The topological polar surface area (TPSA) is 68.7 Å². The lowest BCUT2D eigenvalue weighted by Gasteiger charge is -2.12. The summed E-state index contributed by atoms with van der Waals surface area (Å²) < 4.78 is 10.5. The molecule has 2 rings (SSSR count). The molecular weight excluding hydrogens is 304 g/mol. The number of ether oxygens (including phenoxy) is 1. The van der Waals surface area contributed by atoms with Crippen LogP contribution >= 0.6 is 12.4 Å². The van der Waals surface area contributed by atoms with Gasteiger partial charge in [0.25, 0.3) is 0 Å². The number of benzene rings is 1. The van der Waals surface area contributed by atoms with Crippen LogP contribution in [-0.2, 0) is 11.3 Å². The number of methoxy groups -OCH3 is 1. The zero-order valence-corrected chi connectivity index (χ0v) is 13.6. The number of rotatable bonds is 6. The van der Waals surface area contributed by atoms with Gasteiger partial charge in [-0.1, -0.05) is 12.1 Å². The molecule has 22 heavy (non-hydrogen) atoms. The maximum Gasteiger partial charge on any atom is 0.337 e. The molecule has 0 amide bonds. The fraction of sp³-hybridized carbons (Fsp3) is 0.312. The highest BCUT2D eigenvalue weighted by atomic mass is 35.5. The van der Waals surface area contributed by atoms with E-state index in [0.717, 1.165) is 23.6 Å². The molecule has 0 spiro atoms. The van der Waals surface area contributed by atoms with Crippen LogP contribution in [0.15, 0.2) is 40.8 Å². The summed E-state index contributed by atoms with van der Waals surface area (Å²) in [7, 11) is 3.36. The number of nitrogens with zero attached hydrogens (tertiary/aromatic N) is 1. The van der Waals surface area contributed by atoms with Crippen molar-refractivity contribution >= 4 is 18.4 Å². The van der Waals surface area contributed by atoms with Crippen molar-refractivity contribution in [3.63, 3.8) is 0 Å². The molecule has 2 aromatic rings. The molecular formula is C16H21ClN2O3. The molecule has 0 aliphatic heterocycles. The number of nitrogens with two attached hydrogens (primary N) is 1. The second-order valence-corrected chi connectivity index (χ2v) is 4.86. The van der Waals surface area contributed by atoms with E-state index in [1.165, 1.54) is 7.11 Å². The van der Waals surface area contributed by atoms with Crippen molar-refractivity contribution in [2.24, 2.45) is 5.73 Å². The van der Waals surface area contributed by atoms with Gasteiger partial charge in [0.1, 0.15) is 11.5 Å². The molecule has 0 bridgehead atoms. The fourth-order valence-corrected chi connectivity index (χ4v) is 2.10. The fourth-order valence-electron chi connectivity index (χ4n) is 2.10. The Hall–Kier alpha value is -1.82. The second-order valence-electron chi connectivity index (χ2n) is 4.86. The maximum atomic E-state index is 11.5. The van der Waals surface area contributed by atoms with Crippen molar-refractivity contribution in [3.8, 4) is 11.3 Å². The molecule has 6 heteroatoms. The third kappa shape index (κ3) is 4.59. The zero-order chi connectivity index (χ0) is 15.2. The van der Waals surface area contributed by atoms with Crippen LogP contribution in [0.1, 0.15) is 16.1 Å². The van der Waals surface area contributed by atoms with Crippen molar-refractivity contribution in [1.82, 2.24) is 4.90 Å². The lowest BCUT2D eigenvalue weighted by molar-refractivity contribution is 0.0601. The Bertz CT molecular complexity index is 613. The Balaban J connectivity index is 0.00000242. The van der Waals surface area contributed by atoms with E-state index in [9.17, 15) is 4.79 Å². The number of likely N-dealkylation sites (N-methyl/N-ethyl adjacent to an activating group) is 1. The average molecular weight is 325 g/mol. The van der Waals surface area contributed by atoms with Crippen LogP contribution in [0.3, 0.4) is 0 Å². The number of hydrogen-bond donors (Lipinski definition) is 1. The van der Waals surface area contributed by atoms with E-state index >= 15 is 0 Å². The smallest absolute Gasteiger partial charge is 0.337 e. The standard InChI is InChI=1S/C16H20N2O3.ClH/c1-18(9-8-17)11-14-6-7-15(21-14)12-4-3-5-13(10-12)16(19)20-2;/h3-7,10H,8-9,11,17H2,1-2H3;1H. The van der Waals surface area contributed by atoms with E-state index in [1.807, 2.05) is 31.3 Å². The summed E-state index contributed by atoms with van der Waals surface area (Å²) in [6.45, 7) is 2.13. The molecule has 0 radical (unpaired) electrons. The highest BCUT2D eigenvalue weighted by Crippen LogP contribution is 2.24. The molecule has 0 aliphatic carbocycles. The molecule has 0 saturated heterocycles. The van der Waals surface area contributed by atoms with E-state index < -0.39 is 0 Å². The van der Waals surface area contributed by atoms with Crippen LogP contribution < -0.4 is 5.73 Å². The predicted molar refractivity (Wildman–Crippen MR) is 88.1 cm³/mol. The lowest BCUT2D eigenvalue weighted by atomic mass is 10.1. The van der Waals surface area contributed by atoms with Gasteiger partial charge in [-0.15, -0.1) is 12.4 Å². The van der Waals surface area contributed by atoms with E-state index in [4.69, 9.17) is 14.9 Å². The van der Waals surface area contributed by atoms with Crippen LogP contribution in [0.5, 0.6) is 0 Å². The summed E-state index contributed by atoms with van der Waals surface area (Å²) in [6, 6.07) is 11.0. The van der Waals surface area contributed by atoms with Gasteiger partial charge in [0.2, 0.25) is 0 Å². The van der Waals surface area contributed by atoms with Crippen LogP contribution in [0, 0.1) is 0 Å². The normalized spacial score (nSPS) is 10.4. The minimum atomic E-state index is -0.355. The summed E-state index contributed by atoms with van der Waals surface area (Å²) in [5.74, 6) is 1.24. The molecule has 1 aromatic heterocycles. The second kappa shape index (κ2) is 8.58. The Labute approximate surface area is 136 Å². The Morgan fingerprint density at radius 2 is 2.09 bits per heavy atom. The first-order valence-corrected chi connectivity index (χ1v) is 6.80. The maximum absolute atomic E-state index is 11.5. The largest absolute Gasteiger partial charge is 0.465 e. The number of hydrogen-bond acceptors (Lipinski definition) is 5. The van der Waals surface area contributed by atoms with Crippen LogP contribution in [-0.4, -0.2) is 38.1 Å². The molecule has 0 atom stereocenters. The Morgan fingerprint density at radius 1 is 1.32 bits per heavy atom. The molecule has 120 valence electrons. The van der Waals surface area contributed by atoms with Crippen molar-refractivity contribution in [2.45, 2.75) is 6.54 Å². The van der Waals surface area contributed by atoms with Gasteiger partial charge in [-0.3, -0.25) is 4.90 Å². The molecule has 1 heterocycles. The van der Waals surface area contributed by atoms with Crippen LogP contribution in [0.4, 0.5) is 0 Å². The number of carbonyl (C=O) groups excluding carboxylic acids is 1.